The molecular formula is C35H68NO7+. The lowest BCUT2D eigenvalue weighted by Crippen LogP contribution is -2.50. The van der Waals surface area contributed by atoms with Gasteiger partial charge in [-0.2, -0.15) is 0 Å². The molecule has 0 radical (unpaired) electrons. The Morgan fingerprint density at radius 3 is 1.44 bits per heavy atom. The zero-order chi connectivity index (χ0) is 32.2. The van der Waals surface area contributed by atoms with Gasteiger partial charge in [0.15, 0.2) is 12.1 Å². The van der Waals surface area contributed by atoms with Crippen LogP contribution in [0.25, 0.3) is 0 Å². The molecule has 0 amide bonds. The number of unbranched alkanes of at least 4 members (excludes halogenated alkanes) is 17. The van der Waals surface area contributed by atoms with E-state index in [0.717, 1.165) is 38.5 Å². The van der Waals surface area contributed by atoms with Gasteiger partial charge in [0.2, 0.25) is 0 Å². The first kappa shape index (κ1) is 41.3. The molecule has 0 aliphatic rings. The van der Waals surface area contributed by atoms with Gasteiger partial charge in [-0.15, -0.1) is 0 Å². The van der Waals surface area contributed by atoms with Gasteiger partial charge in [0.05, 0.1) is 34.4 Å². The molecule has 0 saturated heterocycles. The molecule has 0 aromatic carbocycles. The summed E-state index contributed by atoms with van der Waals surface area (Å²) in [6, 6.07) is -0.605. The highest BCUT2D eigenvalue weighted by Crippen LogP contribution is 2.14. The highest BCUT2D eigenvalue weighted by Gasteiger charge is 2.31. The van der Waals surface area contributed by atoms with Crippen molar-refractivity contribution in [1.82, 2.24) is 0 Å². The van der Waals surface area contributed by atoms with E-state index in [4.69, 9.17) is 14.2 Å². The summed E-state index contributed by atoms with van der Waals surface area (Å²) in [4.78, 5) is 36.5. The van der Waals surface area contributed by atoms with E-state index in [-0.39, 0.29) is 36.2 Å². The van der Waals surface area contributed by atoms with E-state index in [1.54, 1.807) is 0 Å². The topological polar surface area (TPSA) is 99.1 Å². The van der Waals surface area contributed by atoms with Crippen molar-refractivity contribution in [2.45, 2.75) is 167 Å². The molecule has 8 heteroatoms. The average Bonchev–Trinajstić information content (AvgIpc) is 2.94. The van der Waals surface area contributed by atoms with E-state index >= 15 is 0 Å². The molecule has 0 aliphatic carbocycles. The maximum Gasteiger partial charge on any atom is 0.362 e. The second-order valence-electron chi connectivity index (χ2n) is 13.1. The molecule has 0 bridgehead atoms. The molecule has 0 aliphatic heterocycles. The second kappa shape index (κ2) is 27.8. The predicted octanol–water partition coefficient (Wildman–Crippen LogP) is 8.24. The highest BCUT2D eigenvalue weighted by atomic mass is 16.6. The molecule has 254 valence electrons. The number of quaternary nitrogens is 1. The van der Waals surface area contributed by atoms with Crippen LogP contribution in [0.1, 0.15) is 155 Å². The third kappa shape index (κ3) is 26.5. The first-order chi connectivity index (χ1) is 20.6. The van der Waals surface area contributed by atoms with E-state index in [1.165, 1.54) is 83.5 Å². The van der Waals surface area contributed by atoms with Gasteiger partial charge in [0.25, 0.3) is 0 Å². The fraction of sp³-hybridized carbons (Fsp3) is 0.914. The van der Waals surface area contributed by atoms with Gasteiger partial charge < -0.3 is 23.8 Å². The molecule has 2 atom stereocenters. The average molecular weight is 615 g/mol. The van der Waals surface area contributed by atoms with E-state index < -0.39 is 18.1 Å². The Morgan fingerprint density at radius 2 is 1.02 bits per heavy atom. The SMILES string of the molecule is CCCCCCCCCCCCCCC(=O)OCC(COCCC(C(=O)O)[N+](C)(C)C)OC(=O)CCCCCCCCC. The van der Waals surface area contributed by atoms with Gasteiger partial charge >= 0.3 is 17.9 Å². The molecule has 0 spiro atoms. The number of likely N-dealkylation sites (N-methyl/N-ethyl adjacent to an activating group) is 1. The van der Waals surface area contributed by atoms with Crippen molar-refractivity contribution in [3.05, 3.63) is 0 Å². The zero-order valence-electron chi connectivity index (χ0n) is 28.7. The summed E-state index contributed by atoms with van der Waals surface area (Å²) in [7, 11) is 5.51. The lowest BCUT2D eigenvalue weighted by Gasteiger charge is -2.31. The van der Waals surface area contributed by atoms with E-state index in [1.807, 2.05) is 21.1 Å². The summed E-state index contributed by atoms with van der Waals surface area (Å²) in [5.41, 5.74) is 0. The fourth-order valence-corrected chi connectivity index (χ4v) is 5.21. The molecule has 8 nitrogen and oxygen atoms in total. The van der Waals surface area contributed by atoms with Gasteiger partial charge in [-0.05, 0) is 12.8 Å². The molecule has 0 saturated carbocycles. The van der Waals surface area contributed by atoms with Crippen LogP contribution in [0.3, 0.4) is 0 Å². The number of carbonyl (C=O) groups is 3. The molecule has 0 fully saturated rings. The molecule has 43 heavy (non-hydrogen) atoms. The normalized spacial score (nSPS) is 13.0. The summed E-state index contributed by atoms with van der Waals surface area (Å²) in [6.45, 7) is 4.68. The lowest BCUT2D eigenvalue weighted by atomic mass is 10.0. The lowest BCUT2D eigenvalue weighted by molar-refractivity contribution is -0.887. The maximum atomic E-state index is 12.5. The zero-order valence-corrected chi connectivity index (χ0v) is 28.7. The molecule has 1 N–H and O–H groups in total. The Kier molecular flexibility index (Phi) is 26.8. The van der Waals surface area contributed by atoms with E-state index in [0.29, 0.717) is 19.3 Å². The van der Waals surface area contributed by atoms with Crippen LogP contribution >= 0.6 is 0 Å². The summed E-state index contributed by atoms with van der Waals surface area (Å²) >= 11 is 0. The highest BCUT2D eigenvalue weighted by molar-refractivity contribution is 5.72. The minimum absolute atomic E-state index is 0.0441. The van der Waals surface area contributed by atoms with Crippen molar-refractivity contribution in [2.24, 2.45) is 0 Å². The maximum absolute atomic E-state index is 12.5. The molecule has 0 rings (SSSR count). The van der Waals surface area contributed by atoms with Gasteiger partial charge in [0.1, 0.15) is 6.61 Å². The number of hydrogen-bond donors (Lipinski definition) is 1. The Balaban J connectivity index is 4.39. The number of esters is 2. The summed E-state index contributed by atoms with van der Waals surface area (Å²) in [5, 5.41) is 9.53. The van der Waals surface area contributed by atoms with Crippen molar-refractivity contribution < 1.29 is 38.2 Å². The Morgan fingerprint density at radius 1 is 0.605 bits per heavy atom. The van der Waals surface area contributed by atoms with Crippen molar-refractivity contribution >= 4 is 17.9 Å². The van der Waals surface area contributed by atoms with Crippen LogP contribution in [0, 0.1) is 0 Å². The Labute approximate surface area is 264 Å². The summed E-state index contributed by atoms with van der Waals surface area (Å²) < 4.78 is 17.1. The number of aliphatic carboxylic acids is 1. The summed E-state index contributed by atoms with van der Waals surface area (Å²) in [6.07, 6.45) is 22.9. The van der Waals surface area contributed by atoms with Crippen molar-refractivity contribution in [3.63, 3.8) is 0 Å². The van der Waals surface area contributed by atoms with Crippen LogP contribution in [0.4, 0.5) is 0 Å². The van der Waals surface area contributed by atoms with Gasteiger partial charge in [-0.3, -0.25) is 9.59 Å². The molecule has 0 heterocycles. The fourth-order valence-electron chi connectivity index (χ4n) is 5.21. The third-order valence-corrected chi connectivity index (χ3v) is 8.01. The predicted molar refractivity (Wildman–Crippen MR) is 174 cm³/mol. The standard InChI is InChI=1S/C35H67NO7/c1-6-8-10-12-14-15-16-17-18-20-21-23-25-33(37)42-30-31(29-41-28-27-32(35(39)40)36(3,4)5)43-34(38)26-24-22-19-13-11-9-7-2/h31-32H,6-30H2,1-5H3/p+1. The Bertz CT molecular complexity index is 692. The molecule has 0 aromatic heterocycles. The van der Waals surface area contributed by atoms with Crippen LogP contribution in [-0.2, 0) is 28.6 Å². The number of carboxylic acid groups (broad SMARTS) is 1. The van der Waals surface area contributed by atoms with Crippen molar-refractivity contribution in [2.75, 3.05) is 41.0 Å². The van der Waals surface area contributed by atoms with Gasteiger partial charge in [-0.1, -0.05) is 123 Å². The van der Waals surface area contributed by atoms with Crippen molar-refractivity contribution in [3.8, 4) is 0 Å². The molecular weight excluding hydrogens is 546 g/mol. The number of ether oxygens (including phenoxy) is 3. The Hall–Kier alpha value is -1.67. The van der Waals surface area contributed by atoms with Gasteiger partial charge in [-0.25, -0.2) is 4.79 Å². The minimum Gasteiger partial charge on any atom is -0.477 e. The summed E-state index contributed by atoms with van der Waals surface area (Å²) in [5.74, 6) is -1.47. The number of rotatable bonds is 31. The number of carboxylic acids is 1. The van der Waals surface area contributed by atoms with Crippen LogP contribution in [-0.4, -0.2) is 80.6 Å². The van der Waals surface area contributed by atoms with E-state index in [2.05, 4.69) is 13.8 Å². The third-order valence-electron chi connectivity index (χ3n) is 8.01. The second-order valence-corrected chi connectivity index (χ2v) is 13.1. The quantitative estimate of drug-likeness (QED) is 0.0477. The minimum atomic E-state index is -0.875. The largest absolute Gasteiger partial charge is 0.477 e. The number of hydrogen-bond acceptors (Lipinski definition) is 6. The first-order valence-electron chi connectivity index (χ1n) is 17.6. The smallest absolute Gasteiger partial charge is 0.362 e. The number of carbonyl (C=O) groups excluding carboxylic acids is 2. The number of nitrogens with zero attached hydrogens (tertiary/aromatic N) is 1. The van der Waals surface area contributed by atoms with Gasteiger partial charge in [0, 0.05) is 19.3 Å². The van der Waals surface area contributed by atoms with E-state index in [9.17, 15) is 19.5 Å². The molecule has 2 unspecified atom stereocenters. The van der Waals surface area contributed by atoms with Crippen LogP contribution < -0.4 is 0 Å². The van der Waals surface area contributed by atoms with Crippen LogP contribution in [0.5, 0.6) is 0 Å². The van der Waals surface area contributed by atoms with Crippen molar-refractivity contribution in [1.29, 1.82) is 0 Å². The monoisotopic (exact) mass is 614 g/mol. The molecule has 0 aromatic rings. The van der Waals surface area contributed by atoms with Crippen LogP contribution in [0.2, 0.25) is 0 Å². The van der Waals surface area contributed by atoms with Crippen LogP contribution in [0.15, 0.2) is 0 Å². The first-order valence-corrected chi connectivity index (χ1v) is 17.6.